The van der Waals surface area contributed by atoms with Gasteiger partial charge in [0, 0.05) is 63.0 Å². The molecule has 1 aliphatic heterocycles. The lowest BCUT2D eigenvalue weighted by atomic mass is 9.96. The number of aliphatic hydroxyl groups is 2. The first-order valence-electron chi connectivity index (χ1n) is 17.2. The average molecular weight is 769 g/mol. The Hall–Kier alpha value is -4.53. The number of nitrogens with zero attached hydrogens (tertiary/aromatic N) is 4. The van der Waals surface area contributed by atoms with E-state index in [2.05, 4.69) is 20.2 Å². The number of aliphatic imine (C=N–C) groups is 1. The first kappa shape index (κ1) is 38.2. The fourth-order valence-corrected chi connectivity index (χ4v) is 7.46. The maximum Gasteiger partial charge on any atom is 0.349 e. The molecule has 0 spiro atoms. The number of aliphatic hydroxyl groups excluding tert-OH is 2. The summed E-state index contributed by atoms with van der Waals surface area (Å²) in [6.07, 6.45) is 1.23. The topological polar surface area (TPSA) is 159 Å². The summed E-state index contributed by atoms with van der Waals surface area (Å²) >= 11 is 13.4. The van der Waals surface area contributed by atoms with Gasteiger partial charge in [-0.25, -0.2) is 14.2 Å². The Morgan fingerprint density at radius 3 is 2.58 bits per heavy atom. The number of rotatable bonds is 13. The van der Waals surface area contributed by atoms with Gasteiger partial charge in [-0.3, -0.25) is 14.7 Å². The summed E-state index contributed by atoms with van der Waals surface area (Å²) < 4.78 is 29.1. The lowest BCUT2D eigenvalue weighted by molar-refractivity contribution is -0.129. The SMILES string of the molecule is COc1cc(OC2CCc3c(-c4cccc(NC(=O)c5nc6c(n5C)CCN(C(C)CO)C6)c4Cl)cccc32)c(Cl)c(F)c1CN=C(CCO)C(=O)O. The van der Waals surface area contributed by atoms with Crippen molar-refractivity contribution in [1.82, 2.24) is 14.5 Å². The van der Waals surface area contributed by atoms with Gasteiger partial charge in [-0.15, -0.1) is 0 Å². The molecule has 0 radical (unpaired) electrons. The number of carboxylic acid groups (broad SMARTS) is 1. The number of carbonyl (C=O) groups is 2. The van der Waals surface area contributed by atoms with Gasteiger partial charge in [0.15, 0.2) is 11.6 Å². The fourth-order valence-electron chi connectivity index (χ4n) is 6.97. The first-order chi connectivity index (χ1) is 25.5. The maximum absolute atomic E-state index is 15.6. The van der Waals surface area contributed by atoms with Crippen LogP contribution in [0.5, 0.6) is 11.5 Å². The molecule has 1 aromatic heterocycles. The van der Waals surface area contributed by atoms with Crippen LogP contribution in [0.1, 0.15) is 64.6 Å². The van der Waals surface area contributed by atoms with E-state index in [1.165, 1.54) is 13.2 Å². The molecule has 0 bridgehead atoms. The molecule has 2 aliphatic rings. The van der Waals surface area contributed by atoms with Crippen LogP contribution >= 0.6 is 23.2 Å². The second-order valence-corrected chi connectivity index (χ2v) is 13.8. The van der Waals surface area contributed by atoms with E-state index in [1.807, 2.05) is 48.9 Å². The molecule has 53 heavy (non-hydrogen) atoms. The molecule has 12 nitrogen and oxygen atoms in total. The van der Waals surface area contributed by atoms with Crippen LogP contribution in [0.2, 0.25) is 10.0 Å². The van der Waals surface area contributed by atoms with Crippen LogP contribution in [0.3, 0.4) is 0 Å². The normalized spacial score (nSPS) is 16.2. The minimum absolute atomic E-state index is 0.00698. The summed E-state index contributed by atoms with van der Waals surface area (Å²) in [5.74, 6) is -2.14. The predicted octanol–water partition coefficient (Wildman–Crippen LogP) is 6.01. The number of aliphatic carboxylic acids is 1. The fraction of sp³-hybridized carbons (Fsp3) is 0.368. The number of benzene rings is 3. The quantitative estimate of drug-likeness (QED) is 0.120. The van der Waals surface area contributed by atoms with E-state index in [1.54, 1.807) is 6.07 Å². The van der Waals surface area contributed by atoms with Crippen molar-refractivity contribution in [3.05, 3.63) is 92.2 Å². The maximum atomic E-state index is 15.6. The van der Waals surface area contributed by atoms with Crippen molar-refractivity contribution >= 4 is 46.5 Å². The van der Waals surface area contributed by atoms with E-state index in [-0.39, 0.29) is 65.1 Å². The Bertz CT molecular complexity index is 2090. The standard InChI is InChI=1S/C38H40Cl2FN5O7/c1-20(19-48)46-14-12-29-28(18-46)43-36(45(29)2)37(49)44-26-9-5-8-24(33(26)39)21-6-4-7-23-22(21)10-11-30(23)53-32-16-31(52-3)25(35(41)34(32)40)17-42-27(13-15-47)38(50)51/h4-9,16,20,30,47-48H,10-15,17-19H2,1-3H3,(H,44,49)(H,50,51). The minimum atomic E-state index is -1.31. The number of amides is 1. The molecule has 280 valence electrons. The summed E-state index contributed by atoms with van der Waals surface area (Å²) in [4.78, 5) is 35.8. The highest BCUT2D eigenvalue weighted by Crippen LogP contribution is 2.45. The van der Waals surface area contributed by atoms with E-state index >= 15 is 4.39 Å². The van der Waals surface area contributed by atoms with Crippen LogP contribution in [0.15, 0.2) is 47.5 Å². The molecule has 0 saturated carbocycles. The van der Waals surface area contributed by atoms with Gasteiger partial charge >= 0.3 is 5.97 Å². The van der Waals surface area contributed by atoms with Crippen molar-refractivity contribution < 1.29 is 38.8 Å². The van der Waals surface area contributed by atoms with E-state index in [0.717, 1.165) is 34.6 Å². The highest BCUT2D eigenvalue weighted by atomic mass is 35.5. The number of fused-ring (bicyclic) bond motifs is 2. The van der Waals surface area contributed by atoms with Crippen molar-refractivity contribution in [3.63, 3.8) is 0 Å². The molecular formula is C38H40Cl2FN5O7. The van der Waals surface area contributed by atoms with Crippen LogP contribution in [0, 0.1) is 5.82 Å². The molecule has 2 heterocycles. The average Bonchev–Trinajstić information content (AvgIpc) is 3.72. The summed E-state index contributed by atoms with van der Waals surface area (Å²) in [5.41, 5.74) is 5.33. The second kappa shape index (κ2) is 16.2. The molecular weight excluding hydrogens is 728 g/mol. The summed E-state index contributed by atoms with van der Waals surface area (Å²) in [6, 6.07) is 12.7. The number of aromatic nitrogens is 2. The van der Waals surface area contributed by atoms with Crippen LogP contribution in [-0.4, -0.2) is 80.3 Å². The van der Waals surface area contributed by atoms with Crippen molar-refractivity contribution in [2.24, 2.45) is 12.0 Å². The molecule has 15 heteroatoms. The van der Waals surface area contributed by atoms with Crippen LogP contribution in [-0.2, 0) is 37.8 Å². The predicted molar refractivity (Wildman–Crippen MR) is 199 cm³/mol. The molecule has 2 atom stereocenters. The molecule has 0 saturated heterocycles. The highest BCUT2D eigenvalue weighted by molar-refractivity contribution is 6.37. The third kappa shape index (κ3) is 7.62. The molecule has 3 aromatic carbocycles. The van der Waals surface area contributed by atoms with Crippen molar-refractivity contribution in [1.29, 1.82) is 0 Å². The second-order valence-electron chi connectivity index (χ2n) is 13.0. The van der Waals surface area contributed by atoms with Crippen LogP contribution < -0.4 is 14.8 Å². The van der Waals surface area contributed by atoms with Crippen LogP contribution in [0.25, 0.3) is 11.1 Å². The molecule has 0 fully saturated rings. The van der Waals surface area contributed by atoms with Gasteiger partial charge in [0.05, 0.1) is 42.2 Å². The Morgan fingerprint density at radius 1 is 1.11 bits per heavy atom. The van der Waals surface area contributed by atoms with Gasteiger partial charge < -0.3 is 34.7 Å². The van der Waals surface area contributed by atoms with Crippen molar-refractivity contribution in [2.45, 2.75) is 57.8 Å². The van der Waals surface area contributed by atoms with Gasteiger partial charge in [0.25, 0.3) is 5.91 Å². The largest absolute Gasteiger partial charge is 0.496 e. The monoisotopic (exact) mass is 767 g/mol. The van der Waals surface area contributed by atoms with Gasteiger partial charge in [-0.1, -0.05) is 53.5 Å². The van der Waals surface area contributed by atoms with Gasteiger partial charge in [0.2, 0.25) is 0 Å². The van der Waals surface area contributed by atoms with E-state index in [0.29, 0.717) is 42.1 Å². The van der Waals surface area contributed by atoms with E-state index < -0.39 is 24.5 Å². The van der Waals surface area contributed by atoms with E-state index in [4.69, 9.17) is 37.8 Å². The highest BCUT2D eigenvalue weighted by Gasteiger charge is 2.31. The summed E-state index contributed by atoms with van der Waals surface area (Å²) in [5, 5.41) is 31.1. The number of carbonyl (C=O) groups excluding carboxylic acids is 1. The van der Waals surface area contributed by atoms with E-state index in [9.17, 15) is 19.8 Å². The van der Waals surface area contributed by atoms with Gasteiger partial charge in [-0.2, -0.15) is 0 Å². The molecule has 4 aromatic rings. The number of ether oxygens (including phenoxy) is 2. The lowest BCUT2D eigenvalue weighted by Gasteiger charge is -2.30. The zero-order valence-electron chi connectivity index (χ0n) is 29.5. The molecule has 4 N–H and O–H groups in total. The van der Waals surface area contributed by atoms with Gasteiger partial charge in [-0.05, 0) is 42.5 Å². The third-order valence-electron chi connectivity index (χ3n) is 9.87. The van der Waals surface area contributed by atoms with Gasteiger partial charge in [0.1, 0.15) is 28.3 Å². The number of methoxy groups -OCH3 is 1. The minimum Gasteiger partial charge on any atom is -0.496 e. The Labute approximate surface area is 315 Å². The zero-order valence-corrected chi connectivity index (χ0v) is 31.0. The first-order valence-corrected chi connectivity index (χ1v) is 17.9. The number of halogens is 3. The smallest absolute Gasteiger partial charge is 0.349 e. The molecule has 1 aliphatic carbocycles. The molecule has 1 amide bonds. The Morgan fingerprint density at radius 2 is 1.87 bits per heavy atom. The Kier molecular flexibility index (Phi) is 11.7. The number of imidazole rings is 1. The molecule has 6 rings (SSSR count). The number of anilines is 1. The van der Waals surface area contributed by atoms with Crippen molar-refractivity contribution in [2.75, 3.05) is 32.2 Å². The Balaban J connectivity index is 1.23. The zero-order chi connectivity index (χ0) is 38.0. The van der Waals surface area contributed by atoms with Crippen molar-refractivity contribution in [3.8, 4) is 22.6 Å². The number of hydrogen-bond acceptors (Lipinski definition) is 9. The lowest BCUT2D eigenvalue weighted by Crippen LogP contribution is -2.39. The number of hydrogen-bond donors (Lipinski definition) is 4. The number of nitrogens with one attached hydrogen (secondary N) is 1. The molecule has 2 unspecified atom stereocenters. The number of carboxylic acids is 1. The van der Waals surface area contributed by atoms with Crippen LogP contribution in [0.4, 0.5) is 10.1 Å². The third-order valence-corrected chi connectivity index (χ3v) is 10.6. The summed E-state index contributed by atoms with van der Waals surface area (Å²) in [6.45, 7) is 2.54. The summed E-state index contributed by atoms with van der Waals surface area (Å²) in [7, 11) is 3.18.